The molecule has 2 atom stereocenters. The minimum atomic E-state index is -3.05. The normalized spacial score (nSPS) is 27.2. The number of hydrogen-bond acceptors (Lipinski definition) is 4. The summed E-state index contributed by atoms with van der Waals surface area (Å²) in [6.07, 6.45) is 3.93. The van der Waals surface area contributed by atoms with Crippen molar-refractivity contribution >= 4 is 29.7 Å². The summed E-state index contributed by atoms with van der Waals surface area (Å²) in [5.41, 5.74) is 0.135. The second-order valence-corrected chi connectivity index (χ2v) is 10.1. The van der Waals surface area contributed by atoms with E-state index in [4.69, 9.17) is 0 Å². The Hall–Kier alpha value is -1.41. The van der Waals surface area contributed by atoms with Crippen LogP contribution in [0.1, 0.15) is 38.5 Å². The standard InChI is InChI=1S/C18H24NO3P/c1-19(2)13-9-11-14(12-10-13)23(22,17-7-3-5-15(17)20)18-8-4-6-16(18)21/h9-12,17-18H,3-8H2,1-2H3. The minimum absolute atomic E-state index is 0.0877. The number of carbonyl (C=O) groups excluding carboxylic acids is 2. The van der Waals surface area contributed by atoms with Crippen molar-refractivity contribution in [3.05, 3.63) is 24.3 Å². The van der Waals surface area contributed by atoms with Gasteiger partial charge in [0.25, 0.3) is 0 Å². The van der Waals surface area contributed by atoms with Crippen molar-refractivity contribution in [3.63, 3.8) is 0 Å². The zero-order valence-corrected chi connectivity index (χ0v) is 14.7. The highest BCUT2D eigenvalue weighted by Crippen LogP contribution is 2.61. The number of hydrogen-bond donors (Lipinski definition) is 0. The molecule has 4 nitrogen and oxygen atoms in total. The summed E-state index contributed by atoms with van der Waals surface area (Å²) >= 11 is 0. The molecule has 124 valence electrons. The predicted molar refractivity (Wildman–Crippen MR) is 93.3 cm³/mol. The average Bonchev–Trinajstić information content (AvgIpc) is 3.15. The second kappa shape index (κ2) is 6.24. The van der Waals surface area contributed by atoms with Gasteiger partial charge in [-0.1, -0.05) is 0 Å². The number of anilines is 1. The zero-order valence-electron chi connectivity index (χ0n) is 13.8. The van der Waals surface area contributed by atoms with Gasteiger partial charge in [0.1, 0.15) is 18.7 Å². The molecule has 23 heavy (non-hydrogen) atoms. The van der Waals surface area contributed by atoms with Gasteiger partial charge in [0.2, 0.25) is 0 Å². The van der Waals surface area contributed by atoms with Gasteiger partial charge in [0, 0.05) is 37.9 Å². The fraction of sp³-hybridized carbons (Fsp3) is 0.556. The van der Waals surface area contributed by atoms with E-state index in [1.165, 1.54) is 0 Å². The van der Waals surface area contributed by atoms with Crippen LogP contribution in [-0.2, 0) is 14.2 Å². The average molecular weight is 333 g/mol. The molecule has 2 unspecified atom stereocenters. The highest BCUT2D eigenvalue weighted by atomic mass is 31.2. The Morgan fingerprint density at radius 2 is 1.39 bits per heavy atom. The van der Waals surface area contributed by atoms with E-state index >= 15 is 0 Å². The number of nitrogens with zero attached hydrogens (tertiary/aromatic N) is 1. The van der Waals surface area contributed by atoms with Gasteiger partial charge >= 0.3 is 0 Å². The summed E-state index contributed by atoms with van der Waals surface area (Å²) in [5.74, 6) is 0.175. The van der Waals surface area contributed by atoms with Crippen molar-refractivity contribution in [1.29, 1.82) is 0 Å². The molecular formula is C18H24NO3P. The Balaban J connectivity index is 2.06. The van der Waals surface area contributed by atoms with Crippen LogP contribution in [0.4, 0.5) is 5.69 Å². The third-order valence-corrected chi connectivity index (χ3v) is 9.29. The maximum Gasteiger partial charge on any atom is 0.143 e. The molecule has 0 amide bonds. The minimum Gasteiger partial charge on any atom is -0.378 e. The highest BCUT2D eigenvalue weighted by Gasteiger charge is 2.50. The van der Waals surface area contributed by atoms with E-state index < -0.39 is 18.5 Å². The van der Waals surface area contributed by atoms with Crippen LogP contribution in [-0.4, -0.2) is 37.0 Å². The van der Waals surface area contributed by atoms with Crippen LogP contribution in [0.15, 0.2) is 24.3 Å². The zero-order chi connectivity index (χ0) is 16.6. The van der Waals surface area contributed by atoms with Gasteiger partial charge in [-0.25, -0.2) is 0 Å². The molecule has 2 aliphatic rings. The number of ketones is 2. The quantitative estimate of drug-likeness (QED) is 0.795. The Labute approximate surface area is 137 Å². The van der Waals surface area contributed by atoms with E-state index in [0.29, 0.717) is 31.0 Å². The first kappa shape index (κ1) is 16.4. The summed E-state index contributed by atoms with van der Waals surface area (Å²) in [6, 6.07) is 7.60. The molecule has 0 bridgehead atoms. The third kappa shape index (κ3) is 2.78. The van der Waals surface area contributed by atoms with Gasteiger partial charge in [0.05, 0.1) is 11.3 Å². The molecule has 0 N–H and O–H groups in total. The smallest absolute Gasteiger partial charge is 0.143 e. The maximum atomic E-state index is 14.1. The number of carbonyl (C=O) groups is 2. The Morgan fingerprint density at radius 1 is 0.913 bits per heavy atom. The highest BCUT2D eigenvalue weighted by molar-refractivity contribution is 7.74. The molecular weight excluding hydrogens is 309 g/mol. The molecule has 0 heterocycles. The van der Waals surface area contributed by atoms with Gasteiger partial charge in [-0.05, 0) is 49.9 Å². The predicted octanol–water partition coefficient (Wildman–Crippen LogP) is 2.98. The lowest BCUT2D eigenvalue weighted by atomic mass is 10.3. The Bertz CT molecular complexity index is 635. The fourth-order valence-electron chi connectivity index (χ4n) is 3.97. The van der Waals surface area contributed by atoms with Crippen LogP contribution in [0.25, 0.3) is 0 Å². The van der Waals surface area contributed by atoms with Crippen LogP contribution in [0, 0.1) is 0 Å². The SMILES string of the molecule is CN(C)c1ccc(P(=O)(C2CCCC2=O)C2CCCC2=O)cc1. The van der Waals surface area contributed by atoms with Gasteiger partial charge < -0.3 is 9.46 Å². The second-order valence-electron chi connectivity index (χ2n) is 6.87. The van der Waals surface area contributed by atoms with Gasteiger partial charge in [-0.3, -0.25) is 9.59 Å². The number of rotatable bonds is 4. The van der Waals surface area contributed by atoms with Crippen molar-refractivity contribution in [3.8, 4) is 0 Å². The van der Waals surface area contributed by atoms with Gasteiger partial charge in [0.15, 0.2) is 0 Å². The van der Waals surface area contributed by atoms with Crippen LogP contribution >= 0.6 is 7.14 Å². The van der Waals surface area contributed by atoms with Crippen molar-refractivity contribution in [1.82, 2.24) is 0 Å². The monoisotopic (exact) mass is 333 g/mol. The van der Waals surface area contributed by atoms with E-state index in [0.717, 1.165) is 18.5 Å². The molecule has 2 fully saturated rings. The van der Waals surface area contributed by atoms with Crippen LogP contribution in [0.2, 0.25) is 0 Å². The lowest BCUT2D eigenvalue weighted by Crippen LogP contribution is -2.31. The molecule has 2 aliphatic carbocycles. The van der Waals surface area contributed by atoms with Crippen molar-refractivity contribution in [2.24, 2.45) is 0 Å². The van der Waals surface area contributed by atoms with E-state index in [9.17, 15) is 14.2 Å². The first-order chi connectivity index (χ1) is 10.9. The van der Waals surface area contributed by atoms with Crippen LogP contribution < -0.4 is 10.2 Å². The fourth-order valence-corrected chi connectivity index (χ4v) is 7.98. The molecule has 1 aromatic rings. The maximum absolute atomic E-state index is 14.1. The molecule has 3 rings (SSSR count). The van der Waals surface area contributed by atoms with Crippen molar-refractivity contribution in [2.75, 3.05) is 19.0 Å². The Kier molecular flexibility index (Phi) is 4.46. The molecule has 0 aromatic heterocycles. The molecule has 0 aliphatic heterocycles. The van der Waals surface area contributed by atoms with Crippen molar-refractivity contribution < 1.29 is 14.2 Å². The molecule has 0 spiro atoms. The summed E-state index contributed by atoms with van der Waals surface area (Å²) in [5, 5.41) is 0.712. The molecule has 0 radical (unpaired) electrons. The summed E-state index contributed by atoms with van der Waals surface area (Å²) in [7, 11) is 0.861. The van der Waals surface area contributed by atoms with E-state index in [1.807, 2.05) is 43.3 Å². The van der Waals surface area contributed by atoms with E-state index in [1.54, 1.807) is 0 Å². The summed E-state index contributed by atoms with van der Waals surface area (Å²) < 4.78 is 14.1. The topological polar surface area (TPSA) is 54.5 Å². The van der Waals surface area contributed by atoms with E-state index in [2.05, 4.69) is 0 Å². The van der Waals surface area contributed by atoms with Crippen LogP contribution in [0.5, 0.6) is 0 Å². The molecule has 0 saturated heterocycles. The van der Waals surface area contributed by atoms with Gasteiger partial charge in [-0.2, -0.15) is 0 Å². The molecule has 5 heteroatoms. The first-order valence-corrected chi connectivity index (χ1v) is 10.2. The van der Waals surface area contributed by atoms with Gasteiger partial charge in [-0.15, -0.1) is 0 Å². The number of Topliss-reactive ketones (excluding diaryl/α,β-unsaturated/α-hetero) is 2. The lowest BCUT2D eigenvalue weighted by molar-refractivity contribution is -0.117. The Morgan fingerprint density at radius 3 is 1.74 bits per heavy atom. The van der Waals surface area contributed by atoms with E-state index in [-0.39, 0.29) is 11.6 Å². The van der Waals surface area contributed by atoms with Crippen LogP contribution in [0.3, 0.4) is 0 Å². The largest absolute Gasteiger partial charge is 0.378 e. The first-order valence-electron chi connectivity index (χ1n) is 8.37. The molecule has 2 saturated carbocycles. The number of benzene rings is 1. The van der Waals surface area contributed by atoms with Crippen molar-refractivity contribution in [2.45, 2.75) is 49.8 Å². The molecule has 1 aromatic carbocycles. The third-order valence-electron chi connectivity index (χ3n) is 5.24. The lowest BCUT2D eigenvalue weighted by Gasteiger charge is -2.29. The summed E-state index contributed by atoms with van der Waals surface area (Å²) in [4.78, 5) is 26.7. The summed E-state index contributed by atoms with van der Waals surface area (Å²) in [6.45, 7) is 0.